The molecule has 0 aliphatic carbocycles. The Bertz CT molecular complexity index is 1480. The Morgan fingerprint density at radius 1 is 0.419 bits per heavy atom. The molecule has 9 nitrogen and oxygen atoms in total. The van der Waals surface area contributed by atoms with E-state index in [1.807, 2.05) is 21.1 Å². The van der Waals surface area contributed by atoms with E-state index in [4.69, 9.17) is 18.5 Å². The second kappa shape index (κ2) is 55.2. The van der Waals surface area contributed by atoms with Crippen LogP contribution in [0.3, 0.4) is 0 Å². The normalized spacial score (nSPS) is 13.8. The van der Waals surface area contributed by atoms with E-state index in [2.05, 4.69) is 86.8 Å². The molecule has 74 heavy (non-hydrogen) atoms. The lowest BCUT2D eigenvalue weighted by atomic mass is 10.0. The highest BCUT2D eigenvalue weighted by atomic mass is 31.2. The van der Waals surface area contributed by atoms with E-state index in [1.165, 1.54) is 161 Å². The van der Waals surface area contributed by atoms with Gasteiger partial charge in [0.05, 0.1) is 27.7 Å². The topological polar surface area (TPSA) is 108 Å². The van der Waals surface area contributed by atoms with Gasteiger partial charge in [0, 0.05) is 12.8 Å². The van der Waals surface area contributed by atoms with Crippen molar-refractivity contribution in [1.29, 1.82) is 0 Å². The Kier molecular flexibility index (Phi) is 53.3. The average molecular weight is 1060 g/mol. The van der Waals surface area contributed by atoms with E-state index in [-0.39, 0.29) is 32.0 Å². The molecule has 10 heteroatoms. The predicted octanol–water partition coefficient (Wildman–Crippen LogP) is 19.3. The lowest BCUT2D eigenvalue weighted by molar-refractivity contribution is -0.870. The van der Waals surface area contributed by atoms with Crippen LogP contribution in [0.4, 0.5) is 0 Å². The standard InChI is InChI=1S/C64H116NO8P/c1-6-8-10-12-14-16-18-20-22-24-26-28-30-31-32-33-35-37-39-41-43-45-47-49-51-53-55-57-64(67)73-62(61-72-74(68,69)71-59-58-65(3,4)5)60-70-63(66)56-54-52-50-48-46-44-42-40-38-36-34-29-27-25-23-21-19-17-15-13-11-9-7-2/h18-21,24-27,30-31,34,36,62H,6-17,22-23,28-29,32-33,35,37-61H2,1-5H3/p+1/b20-18-,21-19-,26-24-,27-25-,31-30-,36-34-. The summed E-state index contributed by atoms with van der Waals surface area (Å²) >= 11 is 0. The molecule has 0 aromatic heterocycles. The maximum absolute atomic E-state index is 12.8. The zero-order chi connectivity index (χ0) is 54.2. The number of likely N-dealkylation sites (N-methyl/N-ethyl adjacent to an activating group) is 1. The number of allylic oxidation sites excluding steroid dienone is 12. The van der Waals surface area contributed by atoms with Crippen LogP contribution in [0.5, 0.6) is 0 Å². The molecule has 0 aliphatic heterocycles. The van der Waals surface area contributed by atoms with Crippen molar-refractivity contribution in [3.05, 3.63) is 72.9 Å². The second-order valence-corrected chi connectivity index (χ2v) is 23.2. The van der Waals surface area contributed by atoms with Crippen molar-refractivity contribution in [2.24, 2.45) is 0 Å². The summed E-state index contributed by atoms with van der Waals surface area (Å²) in [5.41, 5.74) is 0. The van der Waals surface area contributed by atoms with Crippen LogP contribution in [0.25, 0.3) is 0 Å². The first-order valence-electron chi connectivity index (χ1n) is 30.7. The number of nitrogens with zero attached hydrogens (tertiary/aromatic N) is 1. The smallest absolute Gasteiger partial charge is 0.462 e. The van der Waals surface area contributed by atoms with Gasteiger partial charge in [0.2, 0.25) is 0 Å². The number of phosphoric acid groups is 1. The van der Waals surface area contributed by atoms with Crippen LogP contribution < -0.4 is 0 Å². The monoisotopic (exact) mass is 1060 g/mol. The highest BCUT2D eigenvalue weighted by molar-refractivity contribution is 7.47. The molecule has 2 unspecified atom stereocenters. The first-order chi connectivity index (χ1) is 36.0. The Morgan fingerprint density at radius 2 is 0.730 bits per heavy atom. The summed E-state index contributed by atoms with van der Waals surface area (Å²) in [4.78, 5) is 35.7. The summed E-state index contributed by atoms with van der Waals surface area (Å²) in [6.07, 6.45) is 72.5. The van der Waals surface area contributed by atoms with Crippen LogP contribution in [-0.4, -0.2) is 74.9 Å². The lowest BCUT2D eigenvalue weighted by Gasteiger charge is -2.24. The maximum atomic E-state index is 12.8. The van der Waals surface area contributed by atoms with E-state index < -0.39 is 26.5 Å². The first-order valence-corrected chi connectivity index (χ1v) is 32.2. The van der Waals surface area contributed by atoms with Crippen LogP contribution in [0.1, 0.15) is 271 Å². The van der Waals surface area contributed by atoms with Gasteiger partial charge < -0.3 is 18.9 Å². The summed E-state index contributed by atoms with van der Waals surface area (Å²) in [5, 5.41) is 0. The summed E-state index contributed by atoms with van der Waals surface area (Å²) in [6, 6.07) is 0. The molecule has 0 radical (unpaired) electrons. The van der Waals surface area contributed by atoms with Gasteiger partial charge >= 0.3 is 19.8 Å². The summed E-state index contributed by atoms with van der Waals surface area (Å²) < 4.78 is 34.6. The number of phosphoric ester groups is 1. The fraction of sp³-hybridized carbons (Fsp3) is 0.781. The third-order valence-electron chi connectivity index (χ3n) is 13.2. The van der Waals surface area contributed by atoms with Gasteiger partial charge in [-0.3, -0.25) is 18.6 Å². The van der Waals surface area contributed by atoms with Crippen molar-refractivity contribution in [3.63, 3.8) is 0 Å². The number of ether oxygens (including phenoxy) is 2. The Hall–Kier alpha value is -2.55. The minimum Gasteiger partial charge on any atom is -0.462 e. The average Bonchev–Trinajstić information content (AvgIpc) is 3.36. The van der Waals surface area contributed by atoms with Crippen molar-refractivity contribution in [1.82, 2.24) is 0 Å². The number of rotatable bonds is 56. The molecule has 0 amide bonds. The molecule has 2 atom stereocenters. The van der Waals surface area contributed by atoms with Gasteiger partial charge in [0.1, 0.15) is 19.8 Å². The van der Waals surface area contributed by atoms with E-state index in [0.29, 0.717) is 17.4 Å². The molecule has 0 heterocycles. The molecule has 0 fully saturated rings. The fourth-order valence-corrected chi connectivity index (χ4v) is 9.18. The van der Waals surface area contributed by atoms with Gasteiger partial charge in [0.25, 0.3) is 0 Å². The minimum absolute atomic E-state index is 0.0276. The molecule has 0 spiro atoms. The van der Waals surface area contributed by atoms with Gasteiger partial charge in [-0.2, -0.15) is 0 Å². The van der Waals surface area contributed by atoms with E-state index >= 15 is 0 Å². The van der Waals surface area contributed by atoms with Crippen LogP contribution in [0.2, 0.25) is 0 Å². The predicted molar refractivity (Wildman–Crippen MR) is 316 cm³/mol. The summed E-state index contributed by atoms with van der Waals surface area (Å²) in [5.74, 6) is -0.804. The number of unbranched alkanes of at least 4 members (excludes halogenated alkanes) is 30. The summed E-state index contributed by atoms with van der Waals surface area (Å²) in [6.45, 7) is 4.42. The molecule has 0 rings (SSSR count). The molecule has 0 aromatic carbocycles. The van der Waals surface area contributed by atoms with Crippen molar-refractivity contribution in [2.45, 2.75) is 277 Å². The Labute approximate surface area is 457 Å². The maximum Gasteiger partial charge on any atom is 0.472 e. The molecular formula is C64H117NO8P+. The number of carbonyl (C=O) groups is 2. The number of carbonyl (C=O) groups excluding carboxylic acids is 2. The van der Waals surface area contributed by atoms with E-state index in [9.17, 15) is 19.0 Å². The van der Waals surface area contributed by atoms with E-state index in [0.717, 1.165) is 77.0 Å². The van der Waals surface area contributed by atoms with Gasteiger partial charge in [-0.15, -0.1) is 0 Å². The first kappa shape index (κ1) is 71.5. The SMILES string of the molecule is CCCCCCC/C=C\C/C=C\C/C=C\CCCCCCCCCCCCCCC(=O)OC(COC(=O)CCCCCCCCCC/C=C\C/C=C\C/C=C\CCCCCCC)COP(=O)(O)OCC[N+](C)(C)C. The molecule has 0 saturated heterocycles. The minimum atomic E-state index is -4.39. The van der Waals surface area contributed by atoms with Gasteiger partial charge in [-0.05, 0) is 89.9 Å². The molecule has 430 valence electrons. The third kappa shape index (κ3) is 58.7. The van der Waals surface area contributed by atoms with Crippen molar-refractivity contribution < 1.29 is 42.1 Å². The fourth-order valence-electron chi connectivity index (χ4n) is 8.44. The Balaban J connectivity index is 4.17. The van der Waals surface area contributed by atoms with E-state index in [1.54, 1.807) is 0 Å². The van der Waals surface area contributed by atoms with Crippen LogP contribution >= 0.6 is 7.82 Å². The lowest BCUT2D eigenvalue weighted by Crippen LogP contribution is -2.37. The molecule has 0 aromatic rings. The largest absolute Gasteiger partial charge is 0.472 e. The molecule has 1 N–H and O–H groups in total. The highest BCUT2D eigenvalue weighted by Gasteiger charge is 2.27. The number of hydrogen-bond donors (Lipinski definition) is 1. The number of hydrogen-bond acceptors (Lipinski definition) is 7. The van der Waals surface area contributed by atoms with Crippen molar-refractivity contribution in [2.75, 3.05) is 47.5 Å². The van der Waals surface area contributed by atoms with Gasteiger partial charge in [0.15, 0.2) is 6.10 Å². The zero-order valence-corrected chi connectivity index (χ0v) is 49.7. The Morgan fingerprint density at radius 3 is 1.08 bits per heavy atom. The summed E-state index contributed by atoms with van der Waals surface area (Å²) in [7, 11) is 1.47. The molecule has 0 bridgehead atoms. The molecule has 0 aliphatic rings. The third-order valence-corrected chi connectivity index (χ3v) is 14.2. The second-order valence-electron chi connectivity index (χ2n) is 21.7. The van der Waals surface area contributed by atoms with Gasteiger partial charge in [-0.1, -0.05) is 241 Å². The molecule has 0 saturated carbocycles. The number of quaternary nitrogens is 1. The van der Waals surface area contributed by atoms with Crippen LogP contribution in [0, 0.1) is 0 Å². The quantitative estimate of drug-likeness (QED) is 0.0211. The number of esters is 2. The highest BCUT2D eigenvalue weighted by Crippen LogP contribution is 2.43. The van der Waals surface area contributed by atoms with Crippen LogP contribution in [-0.2, 0) is 32.7 Å². The van der Waals surface area contributed by atoms with Crippen molar-refractivity contribution >= 4 is 19.8 Å². The zero-order valence-electron chi connectivity index (χ0n) is 48.8. The van der Waals surface area contributed by atoms with Crippen molar-refractivity contribution in [3.8, 4) is 0 Å². The molecular weight excluding hydrogens is 942 g/mol. The van der Waals surface area contributed by atoms with Gasteiger partial charge in [-0.25, -0.2) is 4.57 Å². The van der Waals surface area contributed by atoms with Crippen LogP contribution in [0.15, 0.2) is 72.9 Å².